The van der Waals surface area contributed by atoms with E-state index in [1.54, 1.807) is 0 Å². The minimum absolute atomic E-state index is 0.0685. The van der Waals surface area contributed by atoms with E-state index in [-0.39, 0.29) is 6.42 Å². The van der Waals surface area contributed by atoms with Gasteiger partial charge in [0.2, 0.25) is 5.91 Å². The van der Waals surface area contributed by atoms with Crippen LogP contribution in [0.25, 0.3) is 0 Å². The van der Waals surface area contributed by atoms with Crippen molar-refractivity contribution in [3.05, 3.63) is 27.7 Å². The van der Waals surface area contributed by atoms with Crippen LogP contribution in [0.3, 0.4) is 0 Å². The number of aliphatic carboxylic acids is 1. The molecule has 0 bridgehead atoms. The third kappa shape index (κ3) is 2.23. The summed E-state index contributed by atoms with van der Waals surface area (Å²) in [4.78, 5) is 22.5. The van der Waals surface area contributed by atoms with Crippen LogP contribution < -0.4 is 11.1 Å². The summed E-state index contributed by atoms with van der Waals surface area (Å²) >= 11 is 11.9. The molecule has 0 fully saturated rings. The second-order valence-corrected chi connectivity index (χ2v) is 4.92. The van der Waals surface area contributed by atoms with E-state index in [1.165, 1.54) is 12.1 Å². The average Bonchev–Trinajstić information content (AvgIpc) is 2.26. The Bertz CT molecular complexity index is 533. The van der Waals surface area contributed by atoms with E-state index in [9.17, 15) is 9.59 Å². The molecule has 2 atom stereocenters. The van der Waals surface area contributed by atoms with Gasteiger partial charge in [-0.1, -0.05) is 23.2 Å². The highest BCUT2D eigenvalue weighted by molar-refractivity contribution is 6.36. The van der Waals surface area contributed by atoms with E-state index in [4.69, 9.17) is 34.0 Å². The Balaban J connectivity index is 2.54. The van der Waals surface area contributed by atoms with Gasteiger partial charge in [-0.3, -0.25) is 4.79 Å². The quantitative estimate of drug-likeness (QED) is 0.774. The number of benzene rings is 1. The number of carbonyl (C=O) groups excluding carboxylic acids is 1. The third-order valence-corrected chi connectivity index (χ3v) is 3.42. The largest absolute Gasteiger partial charge is 0.480 e. The minimum atomic E-state index is -1.05. The predicted molar refractivity (Wildman–Crippen MR) is 68.1 cm³/mol. The number of anilines is 1. The first-order chi connectivity index (χ1) is 8.40. The average molecular weight is 289 g/mol. The van der Waals surface area contributed by atoms with Gasteiger partial charge in [-0.05, 0) is 18.6 Å². The highest BCUT2D eigenvalue weighted by Gasteiger charge is 2.35. The fourth-order valence-corrected chi connectivity index (χ4v) is 2.70. The van der Waals surface area contributed by atoms with Crippen LogP contribution in [-0.4, -0.2) is 23.0 Å². The van der Waals surface area contributed by atoms with Crippen molar-refractivity contribution in [3.8, 4) is 0 Å². The fraction of sp³-hybridized carbons (Fsp3) is 0.273. The van der Waals surface area contributed by atoms with Crippen molar-refractivity contribution in [1.29, 1.82) is 0 Å². The molecule has 1 aromatic carbocycles. The summed E-state index contributed by atoms with van der Waals surface area (Å²) in [6.07, 6.45) is 0.0685. The van der Waals surface area contributed by atoms with Crippen LogP contribution >= 0.6 is 23.2 Å². The molecule has 96 valence electrons. The number of carbonyl (C=O) groups is 2. The first-order valence-electron chi connectivity index (χ1n) is 5.17. The zero-order valence-corrected chi connectivity index (χ0v) is 10.6. The maximum absolute atomic E-state index is 11.4. The standard InChI is InChI=1S/C11H10Cl2N2O3/c12-4-1-6(13)9-5(10(14)16)3-8(11(17)18)15-7(9)2-4/h1-2,5,8,15H,3H2,(H2,14,16)(H,17,18)/t5-,8+/m1/s1. The van der Waals surface area contributed by atoms with Gasteiger partial charge >= 0.3 is 5.97 Å². The molecule has 0 saturated heterocycles. The molecule has 5 nitrogen and oxygen atoms in total. The van der Waals surface area contributed by atoms with Crippen LogP contribution in [0.5, 0.6) is 0 Å². The van der Waals surface area contributed by atoms with Crippen molar-refractivity contribution in [2.45, 2.75) is 18.4 Å². The second kappa shape index (κ2) is 4.66. The summed E-state index contributed by atoms with van der Waals surface area (Å²) in [7, 11) is 0. The van der Waals surface area contributed by atoms with Crippen LogP contribution in [0, 0.1) is 0 Å². The molecule has 1 amide bonds. The van der Waals surface area contributed by atoms with Crippen LogP contribution in [0.2, 0.25) is 10.0 Å². The summed E-state index contributed by atoms with van der Waals surface area (Å²) < 4.78 is 0. The molecule has 0 spiro atoms. The number of rotatable bonds is 2. The molecule has 1 aromatic rings. The molecular formula is C11H10Cl2N2O3. The molecule has 18 heavy (non-hydrogen) atoms. The number of primary amides is 1. The molecule has 1 heterocycles. The van der Waals surface area contributed by atoms with Crippen LogP contribution in [0.4, 0.5) is 5.69 Å². The zero-order valence-electron chi connectivity index (χ0n) is 9.11. The van der Waals surface area contributed by atoms with Crippen molar-refractivity contribution in [2.24, 2.45) is 5.73 Å². The monoisotopic (exact) mass is 288 g/mol. The molecule has 0 saturated carbocycles. The van der Waals surface area contributed by atoms with Crippen molar-refractivity contribution in [3.63, 3.8) is 0 Å². The van der Waals surface area contributed by atoms with Crippen LogP contribution in [-0.2, 0) is 9.59 Å². The number of fused-ring (bicyclic) bond motifs is 1. The van der Waals surface area contributed by atoms with Crippen LogP contribution in [0.1, 0.15) is 17.9 Å². The van der Waals surface area contributed by atoms with Gasteiger partial charge in [0.15, 0.2) is 0 Å². The molecule has 0 radical (unpaired) electrons. The molecule has 1 aliphatic heterocycles. The maximum Gasteiger partial charge on any atom is 0.326 e. The number of carboxylic acids is 1. The van der Waals surface area contributed by atoms with Gasteiger partial charge in [-0.15, -0.1) is 0 Å². The van der Waals surface area contributed by atoms with E-state index in [0.29, 0.717) is 21.3 Å². The minimum Gasteiger partial charge on any atom is -0.480 e. The molecular weight excluding hydrogens is 279 g/mol. The topological polar surface area (TPSA) is 92.4 Å². The van der Waals surface area contributed by atoms with E-state index < -0.39 is 23.8 Å². The van der Waals surface area contributed by atoms with Gasteiger partial charge in [0.25, 0.3) is 0 Å². The first kappa shape index (κ1) is 13.0. The van der Waals surface area contributed by atoms with Crippen molar-refractivity contribution in [1.82, 2.24) is 0 Å². The smallest absolute Gasteiger partial charge is 0.326 e. The van der Waals surface area contributed by atoms with Crippen LogP contribution in [0.15, 0.2) is 12.1 Å². The Morgan fingerprint density at radius 2 is 2.06 bits per heavy atom. The number of hydrogen-bond donors (Lipinski definition) is 3. The lowest BCUT2D eigenvalue weighted by atomic mass is 9.86. The number of halogens is 2. The van der Waals surface area contributed by atoms with Crippen molar-refractivity contribution >= 4 is 40.8 Å². The van der Waals surface area contributed by atoms with E-state index in [1.807, 2.05) is 0 Å². The maximum atomic E-state index is 11.4. The van der Waals surface area contributed by atoms with E-state index in [2.05, 4.69) is 5.32 Å². The number of amides is 1. The number of nitrogens with one attached hydrogen (secondary N) is 1. The zero-order chi connectivity index (χ0) is 13.4. The SMILES string of the molecule is NC(=O)[C@@H]1C[C@@H](C(=O)O)Nc2cc(Cl)cc(Cl)c21. The summed E-state index contributed by atoms with van der Waals surface area (Å²) in [6, 6.07) is 2.15. The van der Waals surface area contributed by atoms with E-state index in [0.717, 1.165) is 0 Å². The molecule has 0 unspecified atom stereocenters. The van der Waals surface area contributed by atoms with Gasteiger partial charge in [0, 0.05) is 21.3 Å². The number of nitrogens with two attached hydrogens (primary N) is 1. The Morgan fingerprint density at radius 1 is 1.39 bits per heavy atom. The first-order valence-corrected chi connectivity index (χ1v) is 5.93. The van der Waals surface area contributed by atoms with Gasteiger partial charge in [0.05, 0.1) is 5.92 Å². The highest BCUT2D eigenvalue weighted by atomic mass is 35.5. The Morgan fingerprint density at radius 3 is 2.61 bits per heavy atom. The lowest BCUT2D eigenvalue weighted by molar-refractivity contribution is -0.138. The summed E-state index contributed by atoms with van der Waals surface area (Å²) in [5.74, 6) is -2.39. The normalized spacial score (nSPS) is 21.9. The summed E-state index contributed by atoms with van der Waals surface area (Å²) in [6.45, 7) is 0. The lowest BCUT2D eigenvalue weighted by Crippen LogP contribution is -2.39. The van der Waals surface area contributed by atoms with Gasteiger partial charge in [-0.25, -0.2) is 4.79 Å². The summed E-state index contributed by atoms with van der Waals surface area (Å²) in [5, 5.41) is 12.5. The number of hydrogen-bond acceptors (Lipinski definition) is 3. The molecule has 7 heteroatoms. The van der Waals surface area contributed by atoms with Gasteiger partial charge in [0.1, 0.15) is 6.04 Å². The predicted octanol–water partition coefficient (Wildman–Crippen LogP) is 1.83. The van der Waals surface area contributed by atoms with E-state index >= 15 is 0 Å². The molecule has 4 N–H and O–H groups in total. The second-order valence-electron chi connectivity index (χ2n) is 4.07. The van der Waals surface area contributed by atoms with Gasteiger partial charge in [-0.2, -0.15) is 0 Å². The highest BCUT2D eigenvalue weighted by Crippen LogP contribution is 2.40. The van der Waals surface area contributed by atoms with Crippen molar-refractivity contribution in [2.75, 3.05) is 5.32 Å². The fourth-order valence-electron chi connectivity index (χ4n) is 2.08. The summed E-state index contributed by atoms with van der Waals surface area (Å²) in [5.41, 5.74) is 6.25. The Kier molecular flexibility index (Phi) is 3.36. The van der Waals surface area contributed by atoms with Gasteiger partial charge < -0.3 is 16.2 Å². The molecule has 2 rings (SSSR count). The lowest BCUT2D eigenvalue weighted by Gasteiger charge is -2.30. The Hall–Kier alpha value is -1.46. The third-order valence-electron chi connectivity index (χ3n) is 2.89. The van der Waals surface area contributed by atoms with Crippen molar-refractivity contribution < 1.29 is 14.7 Å². The molecule has 0 aliphatic carbocycles. The number of carboxylic acid groups (broad SMARTS) is 1. The molecule has 1 aliphatic rings. The Labute approximate surface area is 113 Å². The molecule has 0 aromatic heterocycles.